The van der Waals surface area contributed by atoms with Crippen LogP contribution in [0.2, 0.25) is 0 Å². The van der Waals surface area contributed by atoms with Gasteiger partial charge in [0.05, 0.1) is 0 Å². The van der Waals surface area contributed by atoms with Crippen LogP contribution in [-0.2, 0) is 13.0 Å². The van der Waals surface area contributed by atoms with Gasteiger partial charge in [-0.25, -0.2) is 0 Å². The number of likely N-dealkylation sites (N-methyl/N-ethyl adjacent to an activating group) is 1. The lowest BCUT2D eigenvalue weighted by molar-refractivity contribution is 0.510. The van der Waals surface area contributed by atoms with E-state index in [2.05, 4.69) is 42.9 Å². The zero-order valence-corrected chi connectivity index (χ0v) is 10.8. The van der Waals surface area contributed by atoms with Crippen molar-refractivity contribution in [3.05, 3.63) is 21.9 Å². The minimum atomic E-state index is 0.539. The van der Waals surface area contributed by atoms with E-state index in [0.29, 0.717) is 6.04 Å². The smallest absolute Gasteiger partial charge is 0.0305 e. The third-order valence-electron chi connectivity index (χ3n) is 2.53. The predicted molar refractivity (Wildman–Crippen MR) is 68.5 cm³/mol. The summed E-state index contributed by atoms with van der Waals surface area (Å²) < 4.78 is 0. The molecule has 0 aliphatic heterocycles. The molecule has 3 heteroatoms. The Kier molecular flexibility index (Phi) is 5.91. The van der Waals surface area contributed by atoms with Crippen LogP contribution in [0.5, 0.6) is 0 Å². The van der Waals surface area contributed by atoms with E-state index in [1.807, 2.05) is 11.3 Å². The quantitative estimate of drug-likeness (QED) is 0.746. The molecule has 0 bridgehead atoms. The first-order valence-electron chi connectivity index (χ1n) is 5.77. The fourth-order valence-electron chi connectivity index (χ4n) is 1.54. The molecule has 1 heterocycles. The molecule has 2 N–H and O–H groups in total. The average molecular weight is 226 g/mol. The Hall–Kier alpha value is -0.380. The van der Waals surface area contributed by atoms with Gasteiger partial charge in [-0.2, -0.15) is 0 Å². The first kappa shape index (κ1) is 12.7. The summed E-state index contributed by atoms with van der Waals surface area (Å²) in [4.78, 5) is 1.49. The molecule has 86 valence electrons. The molecule has 1 aromatic rings. The van der Waals surface area contributed by atoms with E-state index in [9.17, 15) is 0 Å². The van der Waals surface area contributed by atoms with Gasteiger partial charge in [0.1, 0.15) is 0 Å². The average Bonchev–Trinajstić information content (AvgIpc) is 2.70. The highest BCUT2D eigenvalue weighted by atomic mass is 32.1. The summed E-state index contributed by atoms with van der Waals surface area (Å²) in [5, 5.41) is 9.08. The van der Waals surface area contributed by atoms with Gasteiger partial charge in [-0.05, 0) is 36.9 Å². The molecule has 0 fully saturated rings. The second-order valence-corrected chi connectivity index (χ2v) is 4.81. The number of nitrogens with one attached hydrogen (secondary N) is 2. The molecule has 1 unspecified atom stereocenters. The van der Waals surface area contributed by atoms with Crippen molar-refractivity contribution in [2.24, 2.45) is 0 Å². The van der Waals surface area contributed by atoms with Gasteiger partial charge in [0, 0.05) is 24.0 Å². The third-order valence-corrected chi connectivity index (χ3v) is 3.49. The molecule has 0 amide bonds. The maximum absolute atomic E-state index is 3.54. The van der Waals surface area contributed by atoms with Crippen LogP contribution < -0.4 is 10.6 Å². The number of aryl methyl sites for hydroxylation is 1. The van der Waals surface area contributed by atoms with E-state index in [1.54, 1.807) is 0 Å². The van der Waals surface area contributed by atoms with Crippen LogP contribution in [0, 0.1) is 0 Å². The Balaban J connectivity index is 2.30. The second-order valence-electron chi connectivity index (χ2n) is 3.81. The van der Waals surface area contributed by atoms with Gasteiger partial charge in [-0.1, -0.05) is 13.8 Å². The van der Waals surface area contributed by atoms with E-state index in [-0.39, 0.29) is 0 Å². The van der Waals surface area contributed by atoms with Crippen molar-refractivity contribution < 1.29 is 0 Å². The molecule has 1 atom stereocenters. The molecular weight excluding hydrogens is 204 g/mol. The normalized spacial score (nSPS) is 13.0. The van der Waals surface area contributed by atoms with Crippen LogP contribution in [0.15, 0.2) is 11.4 Å². The van der Waals surface area contributed by atoms with Crippen LogP contribution in [0.4, 0.5) is 0 Å². The maximum Gasteiger partial charge on any atom is 0.0305 e. The lowest BCUT2D eigenvalue weighted by Crippen LogP contribution is -2.35. The molecular formula is C12H22N2S. The summed E-state index contributed by atoms with van der Waals surface area (Å²) in [6.45, 7) is 9.68. The van der Waals surface area contributed by atoms with Crippen molar-refractivity contribution in [2.75, 3.05) is 13.1 Å². The second kappa shape index (κ2) is 6.99. The minimum Gasteiger partial charge on any atom is -0.315 e. The first-order chi connectivity index (χ1) is 7.27. The summed E-state index contributed by atoms with van der Waals surface area (Å²) in [6, 6.07) is 2.77. The van der Waals surface area contributed by atoms with Crippen molar-refractivity contribution in [3.63, 3.8) is 0 Å². The zero-order valence-electron chi connectivity index (χ0n) is 9.97. The molecule has 0 aliphatic carbocycles. The number of rotatable bonds is 7. The Labute approximate surface area is 97.1 Å². The molecule has 0 aromatic carbocycles. The summed E-state index contributed by atoms with van der Waals surface area (Å²) in [5.41, 5.74) is 1.49. The molecule has 2 nitrogen and oxygen atoms in total. The highest BCUT2D eigenvalue weighted by Crippen LogP contribution is 2.16. The van der Waals surface area contributed by atoms with Crippen molar-refractivity contribution in [2.45, 2.75) is 39.8 Å². The molecule has 0 aliphatic rings. The van der Waals surface area contributed by atoms with Crippen molar-refractivity contribution in [1.82, 2.24) is 10.6 Å². The van der Waals surface area contributed by atoms with Gasteiger partial charge in [0.15, 0.2) is 0 Å². The van der Waals surface area contributed by atoms with Crippen molar-refractivity contribution >= 4 is 11.3 Å². The fraction of sp³-hybridized carbons (Fsp3) is 0.667. The maximum atomic E-state index is 3.54. The molecule has 0 spiro atoms. The van der Waals surface area contributed by atoms with E-state index < -0.39 is 0 Å². The molecule has 0 saturated carbocycles. The third kappa shape index (κ3) is 4.33. The summed E-state index contributed by atoms with van der Waals surface area (Å²) >= 11 is 1.86. The molecule has 1 rings (SSSR count). The highest BCUT2D eigenvalue weighted by Gasteiger charge is 2.04. The van der Waals surface area contributed by atoms with E-state index in [1.165, 1.54) is 10.4 Å². The monoisotopic (exact) mass is 226 g/mol. The lowest BCUT2D eigenvalue weighted by Gasteiger charge is -2.13. The van der Waals surface area contributed by atoms with Gasteiger partial charge in [-0.15, -0.1) is 11.3 Å². The summed E-state index contributed by atoms with van der Waals surface area (Å²) in [6.07, 6.45) is 1.14. The van der Waals surface area contributed by atoms with Crippen LogP contribution in [0.25, 0.3) is 0 Å². The number of thiophene rings is 1. The molecule has 0 radical (unpaired) electrons. The van der Waals surface area contributed by atoms with Gasteiger partial charge >= 0.3 is 0 Å². The topological polar surface area (TPSA) is 24.1 Å². The minimum absolute atomic E-state index is 0.539. The van der Waals surface area contributed by atoms with Gasteiger partial charge in [-0.3, -0.25) is 0 Å². The molecule has 15 heavy (non-hydrogen) atoms. The van der Waals surface area contributed by atoms with Gasteiger partial charge < -0.3 is 10.6 Å². The summed E-state index contributed by atoms with van der Waals surface area (Å²) in [7, 11) is 0. The Morgan fingerprint density at radius 3 is 2.87 bits per heavy atom. The molecule has 0 saturated heterocycles. The largest absolute Gasteiger partial charge is 0.315 e. The number of hydrogen-bond acceptors (Lipinski definition) is 3. The SMILES string of the molecule is CCNCC(C)NCc1sccc1CC. The fourth-order valence-corrected chi connectivity index (χ4v) is 2.46. The Morgan fingerprint density at radius 2 is 2.20 bits per heavy atom. The summed E-state index contributed by atoms with van der Waals surface area (Å²) in [5.74, 6) is 0. The lowest BCUT2D eigenvalue weighted by atomic mass is 10.2. The van der Waals surface area contributed by atoms with Gasteiger partial charge in [0.2, 0.25) is 0 Å². The predicted octanol–water partition coefficient (Wildman–Crippen LogP) is 2.40. The zero-order chi connectivity index (χ0) is 11.1. The van der Waals surface area contributed by atoms with Crippen LogP contribution in [-0.4, -0.2) is 19.1 Å². The van der Waals surface area contributed by atoms with Crippen LogP contribution in [0.3, 0.4) is 0 Å². The first-order valence-corrected chi connectivity index (χ1v) is 6.65. The Bertz CT molecular complexity index is 270. The molecule has 1 aromatic heterocycles. The Morgan fingerprint density at radius 1 is 1.40 bits per heavy atom. The van der Waals surface area contributed by atoms with E-state index in [4.69, 9.17) is 0 Å². The van der Waals surface area contributed by atoms with Crippen LogP contribution >= 0.6 is 11.3 Å². The highest BCUT2D eigenvalue weighted by molar-refractivity contribution is 7.10. The van der Waals surface area contributed by atoms with Crippen molar-refractivity contribution in [1.29, 1.82) is 0 Å². The van der Waals surface area contributed by atoms with E-state index >= 15 is 0 Å². The van der Waals surface area contributed by atoms with Gasteiger partial charge in [0.25, 0.3) is 0 Å². The van der Waals surface area contributed by atoms with Crippen molar-refractivity contribution in [3.8, 4) is 0 Å². The number of hydrogen-bond donors (Lipinski definition) is 2. The standard InChI is InChI=1S/C12H22N2S/c1-4-11-6-7-15-12(11)9-14-10(3)8-13-5-2/h6-7,10,13-14H,4-5,8-9H2,1-3H3. The van der Waals surface area contributed by atoms with Crippen LogP contribution in [0.1, 0.15) is 31.2 Å². The van der Waals surface area contributed by atoms with E-state index in [0.717, 1.165) is 26.1 Å².